The van der Waals surface area contributed by atoms with Gasteiger partial charge < -0.3 is 14.6 Å². The van der Waals surface area contributed by atoms with Crippen molar-refractivity contribution in [1.29, 1.82) is 0 Å². The molecule has 0 unspecified atom stereocenters. The second-order valence-corrected chi connectivity index (χ2v) is 4.53. The highest BCUT2D eigenvalue weighted by Crippen LogP contribution is 2.29. The van der Waals surface area contributed by atoms with E-state index < -0.39 is 5.97 Å². The van der Waals surface area contributed by atoms with E-state index in [1.807, 2.05) is 12.1 Å². The van der Waals surface area contributed by atoms with Gasteiger partial charge in [0.15, 0.2) is 11.5 Å². The highest BCUT2D eigenvalue weighted by atomic mass is 35.5. The molecule has 0 heterocycles. The Morgan fingerprint density at radius 1 is 1.20 bits per heavy atom. The molecule has 4 nitrogen and oxygen atoms in total. The maximum Gasteiger partial charge on any atom is 0.335 e. The third-order valence-electron chi connectivity index (χ3n) is 2.69. The number of hydrogen-bond donors (Lipinski definition) is 1. The summed E-state index contributed by atoms with van der Waals surface area (Å²) in [7, 11) is 1.50. The Labute approximate surface area is 121 Å². The van der Waals surface area contributed by atoms with Gasteiger partial charge in [-0.05, 0) is 35.9 Å². The molecule has 0 radical (unpaired) electrons. The monoisotopic (exact) mass is 292 g/mol. The summed E-state index contributed by atoms with van der Waals surface area (Å²) in [6, 6.07) is 11.7. The summed E-state index contributed by atoms with van der Waals surface area (Å²) in [6.07, 6.45) is 0. The third kappa shape index (κ3) is 3.42. The average molecular weight is 293 g/mol. The highest BCUT2D eigenvalue weighted by molar-refractivity contribution is 6.30. The van der Waals surface area contributed by atoms with Crippen LogP contribution in [0.15, 0.2) is 42.5 Å². The van der Waals surface area contributed by atoms with Crippen LogP contribution in [0.2, 0.25) is 5.02 Å². The largest absolute Gasteiger partial charge is 0.493 e. The van der Waals surface area contributed by atoms with Gasteiger partial charge in [0.25, 0.3) is 0 Å². The number of carboxylic acid groups (broad SMARTS) is 1. The first-order valence-corrected chi connectivity index (χ1v) is 6.26. The van der Waals surface area contributed by atoms with Gasteiger partial charge in [-0.1, -0.05) is 23.7 Å². The van der Waals surface area contributed by atoms with Crippen LogP contribution in [0.1, 0.15) is 15.9 Å². The van der Waals surface area contributed by atoms with Crippen molar-refractivity contribution in [2.75, 3.05) is 7.11 Å². The van der Waals surface area contributed by atoms with E-state index >= 15 is 0 Å². The Hall–Kier alpha value is -2.20. The van der Waals surface area contributed by atoms with Crippen LogP contribution in [-0.4, -0.2) is 18.2 Å². The van der Waals surface area contributed by atoms with Gasteiger partial charge in [0.2, 0.25) is 0 Å². The van der Waals surface area contributed by atoms with Gasteiger partial charge in [0.1, 0.15) is 6.61 Å². The van der Waals surface area contributed by atoms with Gasteiger partial charge in [0.05, 0.1) is 12.7 Å². The summed E-state index contributed by atoms with van der Waals surface area (Å²) in [5.74, 6) is -0.148. The molecule has 2 aromatic rings. The maximum atomic E-state index is 11.0. The van der Waals surface area contributed by atoms with Crippen LogP contribution in [-0.2, 0) is 6.61 Å². The van der Waals surface area contributed by atoms with Crippen molar-refractivity contribution >= 4 is 17.6 Å². The van der Waals surface area contributed by atoms with Gasteiger partial charge in [-0.25, -0.2) is 4.79 Å². The molecule has 0 saturated heterocycles. The lowest BCUT2D eigenvalue weighted by Crippen LogP contribution is -2.01. The van der Waals surface area contributed by atoms with Crippen LogP contribution < -0.4 is 9.47 Å². The summed E-state index contributed by atoms with van der Waals surface area (Å²) < 4.78 is 10.8. The second kappa shape index (κ2) is 6.30. The zero-order chi connectivity index (χ0) is 14.5. The molecule has 0 amide bonds. The molecular weight excluding hydrogens is 280 g/mol. The average Bonchev–Trinajstić information content (AvgIpc) is 2.44. The normalized spacial score (nSPS) is 10.1. The minimum Gasteiger partial charge on any atom is -0.493 e. The van der Waals surface area contributed by atoms with E-state index in [0.717, 1.165) is 5.56 Å². The number of ether oxygens (including phenoxy) is 2. The van der Waals surface area contributed by atoms with Crippen molar-refractivity contribution < 1.29 is 19.4 Å². The molecule has 20 heavy (non-hydrogen) atoms. The molecule has 2 rings (SSSR count). The van der Waals surface area contributed by atoms with E-state index in [-0.39, 0.29) is 12.2 Å². The highest BCUT2D eigenvalue weighted by Gasteiger charge is 2.10. The summed E-state index contributed by atoms with van der Waals surface area (Å²) in [4.78, 5) is 11.0. The molecule has 0 aliphatic carbocycles. The molecule has 5 heteroatoms. The Kier molecular flexibility index (Phi) is 4.48. The third-order valence-corrected chi connectivity index (χ3v) is 2.93. The van der Waals surface area contributed by atoms with Gasteiger partial charge in [-0.2, -0.15) is 0 Å². The molecule has 0 atom stereocenters. The minimum absolute atomic E-state index is 0.145. The SMILES string of the molecule is COc1ccc(C(=O)O)cc1OCc1cccc(Cl)c1. The first-order chi connectivity index (χ1) is 9.60. The van der Waals surface area contributed by atoms with Gasteiger partial charge >= 0.3 is 5.97 Å². The van der Waals surface area contributed by atoms with Crippen molar-refractivity contribution in [3.63, 3.8) is 0 Å². The van der Waals surface area contributed by atoms with E-state index in [4.69, 9.17) is 26.2 Å². The number of hydrogen-bond acceptors (Lipinski definition) is 3. The predicted molar refractivity (Wildman–Crippen MR) is 75.7 cm³/mol. The van der Waals surface area contributed by atoms with Crippen LogP contribution >= 0.6 is 11.6 Å². The van der Waals surface area contributed by atoms with Crippen LogP contribution in [0.3, 0.4) is 0 Å². The number of halogens is 1. The lowest BCUT2D eigenvalue weighted by atomic mass is 10.2. The molecule has 0 spiro atoms. The summed E-state index contributed by atoms with van der Waals surface area (Å²) >= 11 is 5.89. The summed E-state index contributed by atoms with van der Waals surface area (Å²) in [5, 5.41) is 9.60. The fourth-order valence-corrected chi connectivity index (χ4v) is 1.92. The van der Waals surface area contributed by atoms with E-state index in [0.29, 0.717) is 16.5 Å². The molecule has 2 aromatic carbocycles. The number of methoxy groups -OCH3 is 1. The van der Waals surface area contributed by atoms with Gasteiger partial charge in [-0.15, -0.1) is 0 Å². The van der Waals surface area contributed by atoms with Crippen molar-refractivity contribution in [1.82, 2.24) is 0 Å². The number of carbonyl (C=O) groups is 1. The fraction of sp³-hybridized carbons (Fsp3) is 0.133. The van der Waals surface area contributed by atoms with E-state index in [1.165, 1.54) is 19.2 Å². The molecule has 0 saturated carbocycles. The van der Waals surface area contributed by atoms with E-state index in [2.05, 4.69) is 0 Å². The molecular formula is C15H13ClO4. The molecule has 0 aliphatic rings. The summed E-state index contributed by atoms with van der Waals surface area (Å²) in [5.41, 5.74) is 1.03. The number of aromatic carboxylic acids is 1. The standard InChI is InChI=1S/C15H13ClO4/c1-19-13-6-5-11(15(17)18)8-14(13)20-9-10-3-2-4-12(16)7-10/h2-8H,9H2,1H3,(H,17,18). The van der Waals surface area contributed by atoms with Crippen molar-refractivity contribution in [3.05, 3.63) is 58.6 Å². The second-order valence-electron chi connectivity index (χ2n) is 4.09. The Morgan fingerprint density at radius 3 is 2.65 bits per heavy atom. The van der Waals surface area contributed by atoms with Gasteiger partial charge in [0, 0.05) is 5.02 Å². The molecule has 1 N–H and O–H groups in total. The number of benzene rings is 2. The topological polar surface area (TPSA) is 55.8 Å². The van der Waals surface area contributed by atoms with Crippen molar-refractivity contribution in [3.8, 4) is 11.5 Å². The van der Waals surface area contributed by atoms with Crippen molar-refractivity contribution in [2.24, 2.45) is 0 Å². The van der Waals surface area contributed by atoms with Crippen LogP contribution in [0.5, 0.6) is 11.5 Å². The van der Waals surface area contributed by atoms with Crippen LogP contribution in [0.4, 0.5) is 0 Å². The van der Waals surface area contributed by atoms with Gasteiger partial charge in [-0.3, -0.25) is 0 Å². The predicted octanol–water partition coefficient (Wildman–Crippen LogP) is 3.63. The van der Waals surface area contributed by atoms with Crippen molar-refractivity contribution in [2.45, 2.75) is 6.61 Å². The number of carboxylic acids is 1. The molecule has 0 fully saturated rings. The molecule has 104 valence electrons. The minimum atomic E-state index is -1.01. The fourth-order valence-electron chi connectivity index (χ4n) is 1.71. The molecule has 0 aromatic heterocycles. The molecule has 0 aliphatic heterocycles. The Balaban J connectivity index is 2.19. The Morgan fingerprint density at radius 2 is 2.00 bits per heavy atom. The van der Waals surface area contributed by atoms with Crippen LogP contribution in [0.25, 0.3) is 0 Å². The zero-order valence-electron chi connectivity index (χ0n) is 10.8. The first-order valence-electron chi connectivity index (χ1n) is 5.88. The van der Waals surface area contributed by atoms with Crippen LogP contribution in [0, 0.1) is 0 Å². The molecule has 0 bridgehead atoms. The lowest BCUT2D eigenvalue weighted by molar-refractivity contribution is 0.0696. The quantitative estimate of drug-likeness (QED) is 0.914. The zero-order valence-corrected chi connectivity index (χ0v) is 11.6. The lowest BCUT2D eigenvalue weighted by Gasteiger charge is -2.11. The van der Waals surface area contributed by atoms with E-state index in [1.54, 1.807) is 18.2 Å². The van der Waals surface area contributed by atoms with E-state index in [9.17, 15) is 4.79 Å². The smallest absolute Gasteiger partial charge is 0.335 e. The first kappa shape index (κ1) is 14.2. The Bertz CT molecular complexity index is 625. The maximum absolute atomic E-state index is 11.0. The summed E-state index contributed by atoms with van der Waals surface area (Å²) in [6.45, 7) is 0.278. The number of rotatable bonds is 5.